The van der Waals surface area contributed by atoms with Crippen molar-refractivity contribution in [1.82, 2.24) is 15.3 Å². The Morgan fingerprint density at radius 3 is 2.45 bits per heavy atom. The van der Waals surface area contributed by atoms with Crippen molar-refractivity contribution in [3.05, 3.63) is 59.9 Å². The lowest BCUT2D eigenvalue weighted by atomic mass is 9.82. The maximum atomic E-state index is 5.81. The first-order chi connectivity index (χ1) is 14.5. The van der Waals surface area contributed by atoms with Gasteiger partial charge in [0.2, 0.25) is 0 Å². The van der Waals surface area contributed by atoms with Gasteiger partial charge in [-0.2, -0.15) is 0 Å². The summed E-state index contributed by atoms with van der Waals surface area (Å²) >= 11 is 5.81. The van der Waals surface area contributed by atoms with Crippen LogP contribution in [0.5, 0.6) is 0 Å². The first-order valence-electron chi connectivity index (χ1n) is 10.7. The molecule has 0 saturated carbocycles. The van der Waals surface area contributed by atoms with Crippen LogP contribution in [0.15, 0.2) is 53.8 Å². The number of aromatic amines is 1. The number of amidine groups is 1. The molecule has 162 valence electrons. The molecule has 1 saturated heterocycles. The minimum absolute atomic E-state index is 0.104. The molecular formula is C25H31N5S. The van der Waals surface area contributed by atoms with Crippen LogP contribution >= 0.6 is 12.2 Å². The minimum atomic E-state index is -0.220. The molecule has 5 nitrogen and oxygen atoms in total. The number of anilines is 1. The van der Waals surface area contributed by atoms with E-state index in [1.807, 2.05) is 6.07 Å². The molecule has 2 aromatic carbocycles. The number of nitrogens with zero attached hydrogens (tertiary/aromatic N) is 3. The SMILES string of the molecule is Cc1ccc(C2C(=NC(C)(C)CC(C)(C)C)NC(=S)N2c2ccc3nc[nH]c3c2)cc1. The largest absolute Gasteiger partial charge is 0.345 e. The maximum Gasteiger partial charge on any atom is 0.179 e. The number of aromatic nitrogens is 2. The normalized spacial score (nSPS) is 18.8. The van der Waals surface area contributed by atoms with E-state index in [4.69, 9.17) is 17.2 Å². The molecule has 0 spiro atoms. The molecule has 31 heavy (non-hydrogen) atoms. The fourth-order valence-electron chi connectivity index (χ4n) is 4.63. The Bertz CT molecular complexity index is 1130. The van der Waals surface area contributed by atoms with Crippen molar-refractivity contribution in [2.24, 2.45) is 10.4 Å². The third-order valence-corrected chi connectivity index (χ3v) is 5.73. The molecule has 1 unspecified atom stereocenters. The number of aryl methyl sites for hydroxylation is 1. The van der Waals surface area contributed by atoms with Crippen LogP contribution in [0.4, 0.5) is 5.69 Å². The van der Waals surface area contributed by atoms with Gasteiger partial charge in [0.25, 0.3) is 0 Å². The number of rotatable bonds is 4. The highest BCUT2D eigenvalue weighted by atomic mass is 32.1. The average molecular weight is 434 g/mol. The van der Waals surface area contributed by atoms with Gasteiger partial charge in [0.1, 0.15) is 11.9 Å². The molecule has 2 N–H and O–H groups in total. The van der Waals surface area contributed by atoms with Crippen molar-refractivity contribution < 1.29 is 0 Å². The van der Waals surface area contributed by atoms with Gasteiger partial charge in [-0.15, -0.1) is 0 Å². The second-order valence-electron chi connectivity index (χ2n) is 10.3. The Morgan fingerprint density at radius 1 is 1.06 bits per heavy atom. The van der Waals surface area contributed by atoms with Gasteiger partial charge in [0.15, 0.2) is 5.11 Å². The van der Waals surface area contributed by atoms with Gasteiger partial charge < -0.3 is 15.2 Å². The highest BCUT2D eigenvalue weighted by molar-refractivity contribution is 7.80. The van der Waals surface area contributed by atoms with E-state index in [-0.39, 0.29) is 17.0 Å². The Morgan fingerprint density at radius 2 is 1.77 bits per heavy atom. The molecule has 1 fully saturated rings. The zero-order chi connectivity index (χ0) is 22.4. The molecule has 4 rings (SSSR count). The zero-order valence-corrected chi connectivity index (χ0v) is 20.0. The summed E-state index contributed by atoms with van der Waals surface area (Å²) < 4.78 is 0. The molecule has 6 heteroatoms. The lowest BCUT2D eigenvalue weighted by molar-refractivity contribution is 0.288. The summed E-state index contributed by atoms with van der Waals surface area (Å²) in [5.74, 6) is 0.896. The monoisotopic (exact) mass is 433 g/mol. The van der Waals surface area contributed by atoms with E-state index in [0.29, 0.717) is 5.11 Å². The lowest BCUT2D eigenvalue weighted by Crippen LogP contribution is -2.31. The van der Waals surface area contributed by atoms with E-state index < -0.39 is 0 Å². The van der Waals surface area contributed by atoms with Crippen LogP contribution in [0, 0.1) is 12.3 Å². The van der Waals surface area contributed by atoms with E-state index in [2.05, 4.69) is 98.1 Å². The third-order valence-electron chi connectivity index (χ3n) is 5.43. The second kappa shape index (κ2) is 7.75. The summed E-state index contributed by atoms with van der Waals surface area (Å²) in [6, 6.07) is 14.7. The summed E-state index contributed by atoms with van der Waals surface area (Å²) in [6.07, 6.45) is 2.69. The third kappa shape index (κ3) is 4.64. The number of aliphatic imine (C=N–C) groups is 1. The number of benzene rings is 2. The standard InChI is InChI=1S/C25H31N5S/c1-16-7-9-17(10-8-16)21-22(29-25(5,6)14-24(2,3)4)28-23(31)30(21)18-11-12-19-20(13-18)27-15-26-19/h7-13,15,21H,14H2,1-6H3,(H,26,27)(H,28,29,31). The van der Waals surface area contributed by atoms with E-state index in [1.54, 1.807) is 6.33 Å². The predicted octanol–water partition coefficient (Wildman–Crippen LogP) is 5.92. The molecule has 1 aliphatic heterocycles. The van der Waals surface area contributed by atoms with Crippen molar-refractivity contribution in [2.45, 2.75) is 59.5 Å². The average Bonchev–Trinajstić information content (AvgIpc) is 3.23. The van der Waals surface area contributed by atoms with Crippen LogP contribution in [0.2, 0.25) is 0 Å². The van der Waals surface area contributed by atoms with E-state index in [9.17, 15) is 0 Å². The Hall–Kier alpha value is -2.73. The predicted molar refractivity (Wildman–Crippen MR) is 134 cm³/mol. The number of hydrogen-bond acceptors (Lipinski definition) is 3. The molecular weight excluding hydrogens is 402 g/mol. The van der Waals surface area contributed by atoms with Gasteiger partial charge in [-0.25, -0.2) is 4.98 Å². The Balaban J connectivity index is 1.81. The van der Waals surface area contributed by atoms with Gasteiger partial charge in [-0.3, -0.25) is 4.99 Å². The molecule has 0 bridgehead atoms. The van der Waals surface area contributed by atoms with Crippen molar-refractivity contribution in [3.63, 3.8) is 0 Å². The van der Waals surface area contributed by atoms with Gasteiger partial charge in [-0.05, 0) is 68.6 Å². The van der Waals surface area contributed by atoms with Crippen LogP contribution < -0.4 is 10.2 Å². The number of imidazole rings is 1. The van der Waals surface area contributed by atoms with E-state index in [1.165, 1.54) is 5.56 Å². The first-order valence-corrected chi connectivity index (χ1v) is 11.1. The highest BCUT2D eigenvalue weighted by Gasteiger charge is 2.38. The van der Waals surface area contributed by atoms with Crippen molar-refractivity contribution in [2.75, 3.05) is 4.90 Å². The van der Waals surface area contributed by atoms with Crippen molar-refractivity contribution in [3.8, 4) is 0 Å². The van der Waals surface area contributed by atoms with E-state index in [0.717, 1.165) is 34.5 Å². The van der Waals surface area contributed by atoms with Crippen LogP contribution in [-0.4, -0.2) is 26.5 Å². The minimum Gasteiger partial charge on any atom is -0.345 e. The van der Waals surface area contributed by atoms with Crippen LogP contribution in [0.1, 0.15) is 58.2 Å². The first kappa shape index (κ1) is 21.5. The van der Waals surface area contributed by atoms with Crippen LogP contribution in [-0.2, 0) is 0 Å². The summed E-state index contributed by atoms with van der Waals surface area (Å²) in [6.45, 7) is 13.3. The van der Waals surface area contributed by atoms with Crippen LogP contribution in [0.3, 0.4) is 0 Å². The Kier molecular flexibility index (Phi) is 5.38. The molecule has 1 atom stereocenters. The molecule has 1 aliphatic rings. The lowest BCUT2D eigenvalue weighted by Gasteiger charge is -2.31. The summed E-state index contributed by atoms with van der Waals surface area (Å²) in [5, 5.41) is 4.09. The van der Waals surface area contributed by atoms with Gasteiger partial charge in [0.05, 0.1) is 22.9 Å². The molecule has 0 radical (unpaired) electrons. The summed E-state index contributed by atoms with van der Waals surface area (Å²) in [7, 11) is 0. The molecule has 0 amide bonds. The van der Waals surface area contributed by atoms with Gasteiger partial charge in [-0.1, -0.05) is 50.6 Å². The fourth-order valence-corrected chi connectivity index (χ4v) is 4.94. The van der Waals surface area contributed by atoms with Gasteiger partial charge >= 0.3 is 0 Å². The quantitative estimate of drug-likeness (QED) is 0.502. The number of nitrogens with one attached hydrogen (secondary N) is 2. The molecule has 2 heterocycles. The van der Waals surface area contributed by atoms with E-state index >= 15 is 0 Å². The Labute approximate surface area is 190 Å². The van der Waals surface area contributed by atoms with Crippen LogP contribution in [0.25, 0.3) is 11.0 Å². The number of thiocarbonyl (C=S) groups is 1. The zero-order valence-electron chi connectivity index (χ0n) is 19.2. The smallest absolute Gasteiger partial charge is 0.179 e. The molecule has 0 aliphatic carbocycles. The summed E-state index contributed by atoms with van der Waals surface area (Å²) in [4.78, 5) is 14.9. The number of H-pyrrole nitrogens is 1. The molecule has 1 aromatic heterocycles. The molecule has 3 aromatic rings. The highest BCUT2D eigenvalue weighted by Crippen LogP contribution is 2.36. The fraction of sp³-hybridized carbons (Fsp3) is 0.400. The number of hydrogen-bond donors (Lipinski definition) is 2. The van der Waals surface area contributed by atoms with Crippen molar-refractivity contribution >= 4 is 39.9 Å². The van der Waals surface area contributed by atoms with Gasteiger partial charge in [0, 0.05) is 5.69 Å². The topological polar surface area (TPSA) is 56.3 Å². The second-order valence-corrected chi connectivity index (χ2v) is 10.7. The number of fused-ring (bicyclic) bond motifs is 1. The summed E-state index contributed by atoms with van der Waals surface area (Å²) in [5.41, 5.74) is 5.29. The van der Waals surface area contributed by atoms with Crippen molar-refractivity contribution in [1.29, 1.82) is 0 Å². The maximum absolute atomic E-state index is 5.81.